The molecule has 2 rings (SSSR count). The van der Waals surface area contributed by atoms with Crippen molar-refractivity contribution in [3.63, 3.8) is 0 Å². The van der Waals surface area contributed by atoms with Crippen molar-refractivity contribution in [2.75, 3.05) is 19.6 Å². The lowest BCUT2D eigenvalue weighted by Gasteiger charge is -2.33. The highest BCUT2D eigenvalue weighted by molar-refractivity contribution is 5.74. The van der Waals surface area contributed by atoms with Gasteiger partial charge in [-0.2, -0.15) is 0 Å². The van der Waals surface area contributed by atoms with Crippen LogP contribution in [0.1, 0.15) is 26.2 Å². The molecule has 2 aliphatic heterocycles. The molecule has 4 nitrogen and oxygen atoms in total. The summed E-state index contributed by atoms with van der Waals surface area (Å²) in [5, 5.41) is 3.55. The number of piperidine rings is 1. The third-order valence-corrected chi connectivity index (χ3v) is 3.64. The molecule has 1 amide bonds. The Morgan fingerprint density at radius 2 is 2.27 bits per heavy atom. The third kappa shape index (κ3) is 2.69. The Kier molecular flexibility index (Phi) is 3.26. The first-order valence-corrected chi connectivity index (χ1v) is 5.92. The Morgan fingerprint density at radius 1 is 1.53 bits per heavy atom. The zero-order valence-electron chi connectivity index (χ0n) is 9.41. The molecule has 4 unspecified atom stereocenters. The number of carbonyl (C=O) groups excluding carboxylic acids is 1. The van der Waals surface area contributed by atoms with Gasteiger partial charge < -0.3 is 16.0 Å². The van der Waals surface area contributed by atoms with Crippen molar-refractivity contribution in [2.24, 2.45) is 11.7 Å². The Morgan fingerprint density at radius 3 is 3.00 bits per heavy atom. The summed E-state index contributed by atoms with van der Waals surface area (Å²) in [6.45, 7) is 5.75. The first-order chi connectivity index (χ1) is 7.15. The lowest BCUT2D eigenvalue weighted by atomic mass is 9.93. The molecule has 4 heteroatoms. The summed E-state index contributed by atoms with van der Waals surface area (Å²) < 4.78 is 0. The number of amides is 1. The molecule has 2 bridgehead atoms. The SMILES string of the molecule is CC(CC(N)=O)NC1CCN2CCC1C2. The number of hydrogen-bond acceptors (Lipinski definition) is 3. The highest BCUT2D eigenvalue weighted by Gasteiger charge is 2.34. The topological polar surface area (TPSA) is 58.4 Å². The van der Waals surface area contributed by atoms with Crippen LogP contribution in [0.5, 0.6) is 0 Å². The molecule has 0 radical (unpaired) electrons. The summed E-state index contributed by atoms with van der Waals surface area (Å²) in [6.07, 6.45) is 2.97. The second-order valence-electron chi connectivity index (χ2n) is 4.98. The molecule has 86 valence electrons. The van der Waals surface area contributed by atoms with E-state index in [9.17, 15) is 4.79 Å². The summed E-state index contributed by atoms with van der Waals surface area (Å²) in [5.74, 6) is 0.577. The lowest BCUT2D eigenvalue weighted by Crippen LogP contribution is -2.47. The highest BCUT2D eigenvalue weighted by Crippen LogP contribution is 2.27. The van der Waals surface area contributed by atoms with Gasteiger partial charge in [0.1, 0.15) is 0 Å². The van der Waals surface area contributed by atoms with Crippen LogP contribution in [-0.4, -0.2) is 42.5 Å². The zero-order chi connectivity index (χ0) is 10.8. The molecule has 0 aromatic carbocycles. The summed E-state index contributed by atoms with van der Waals surface area (Å²) in [4.78, 5) is 13.3. The minimum absolute atomic E-state index is 0.209. The van der Waals surface area contributed by atoms with Crippen LogP contribution in [0.4, 0.5) is 0 Å². The van der Waals surface area contributed by atoms with E-state index in [0.29, 0.717) is 12.5 Å². The monoisotopic (exact) mass is 211 g/mol. The van der Waals surface area contributed by atoms with Crippen LogP contribution in [0.3, 0.4) is 0 Å². The summed E-state index contributed by atoms with van der Waals surface area (Å²) >= 11 is 0. The van der Waals surface area contributed by atoms with Gasteiger partial charge in [0.25, 0.3) is 0 Å². The first-order valence-electron chi connectivity index (χ1n) is 5.92. The van der Waals surface area contributed by atoms with Gasteiger partial charge in [-0.1, -0.05) is 0 Å². The maximum Gasteiger partial charge on any atom is 0.218 e. The van der Waals surface area contributed by atoms with Gasteiger partial charge in [-0.25, -0.2) is 0 Å². The largest absolute Gasteiger partial charge is 0.370 e. The average molecular weight is 211 g/mol. The molecule has 0 aromatic rings. The summed E-state index contributed by atoms with van der Waals surface area (Å²) in [7, 11) is 0. The smallest absolute Gasteiger partial charge is 0.218 e. The van der Waals surface area contributed by atoms with Crippen LogP contribution in [-0.2, 0) is 4.79 Å². The van der Waals surface area contributed by atoms with E-state index in [1.54, 1.807) is 0 Å². The van der Waals surface area contributed by atoms with E-state index in [1.807, 2.05) is 6.92 Å². The zero-order valence-corrected chi connectivity index (χ0v) is 9.41. The van der Waals surface area contributed by atoms with Crippen LogP contribution in [0.2, 0.25) is 0 Å². The van der Waals surface area contributed by atoms with Crippen LogP contribution >= 0.6 is 0 Å². The molecule has 2 saturated heterocycles. The number of fused-ring (bicyclic) bond motifs is 2. The minimum atomic E-state index is -0.209. The van der Waals surface area contributed by atoms with Crippen LogP contribution in [0, 0.1) is 5.92 Å². The number of primary amides is 1. The van der Waals surface area contributed by atoms with E-state index in [-0.39, 0.29) is 11.9 Å². The number of nitrogens with one attached hydrogen (secondary N) is 1. The molecular formula is C11H21N3O. The van der Waals surface area contributed by atoms with Gasteiger partial charge >= 0.3 is 0 Å². The number of rotatable bonds is 4. The van der Waals surface area contributed by atoms with Crippen molar-refractivity contribution in [1.82, 2.24) is 10.2 Å². The fourth-order valence-electron chi connectivity index (χ4n) is 2.90. The second-order valence-corrected chi connectivity index (χ2v) is 4.98. The van der Waals surface area contributed by atoms with E-state index in [4.69, 9.17) is 5.73 Å². The maximum absolute atomic E-state index is 10.8. The quantitative estimate of drug-likeness (QED) is 0.684. The summed E-state index contributed by atoms with van der Waals surface area (Å²) in [6, 6.07) is 0.817. The van der Waals surface area contributed by atoms with Gasteiger partial charge in [0.05, 0.1) is 0 Å². The molecule has 0 aliphatic carbocycles. The van der Waals surface area contributed by atoms with Gasteiger partial charge in [0.15, 0.2) is 0 Å². The fraction of sp³-hybridized carbons (Fsp3) is 0.909. The Bertz CT molecular complexity index is 244. The molecule has 2 fully saturated rings. The van der Waals surface area contributed by atoms with Crippen LogP contribution in [0.25, 0.3) is 0 Å². The van der Waals surface area contributed by atoms with E-state index in [2.05, 4.69) is 10.2 Å². The minimum Gasteiger partial charge on any atom is -0.370 e. The Balaban J connectivity index is 1.81. The number of carbonyl (C=O) groups is 1. The molecule has 0 aromatic heterocycles. The van der Waals surface area contributed by atoms with Crippen molar-refractivity contribution in [1.29, 1.82) is 0 Å². The van der Waals surface area contributed by atoms with E-state index in [0.717, 1.165) is 5.92 Å². The third-order valence-electron chi connectivity index (χ3n) is 3.64. The Labute approximate surface area is 91.2 Å². The number of nitrogens with zero attached hydrogens (tertiary/aromatic N) is 1. The van der Waals surface area contributed by atoms with Crippen molar-refractivity contribution in [3.05, 3.63) is 0 Å². The predicted octanol–water partition coefficient (Wildman–Crippen LogP) is -0.0659. The standard InChI is InChI=1S/C11H21N3O/c1-8(6-11(12)15)13-10-3-5-14-4-2-9(10)7-14/h8-10,13H,2-7H2,1H3,(H2,12,15). The molecular weight excluding hydrogens is 190 g/mol. The van der Waals surface area contributed by atoms with Crippen molar-refractivity contribution < 1.29 is 4.79 Å². The number of hydrogen-bond donors (Lipinski definition) is 2. The lowest BCUT2D eigenvalue weighted by molar-refractivity contribution is -0.118. The molecule has 3 N–H and O–H groups in total. The van der Waals surface area contributed by atoms with Gasteiger partial charge in [-0.05, 0) is 38.8 Å². The molecule has 15 heavy (non-hydrogen) atoms. The van der Waals surface area contributed by atoms with Crippen molar-refractivity contribution in [2.45, 2.75) is 38.3 Å². The Hall–Kier alpha value is -0.610. The number of nitrogens with two attached hydrogens (primary N) is 1. The maximum atomic E-state index is 10.8. The van der Waals surface area contributed by atoms with Gasteiger partial charge in [-0.15, -0.1) is 0 Å². The second kappa shape index (κ2) is 4.49. The predicted molar refractivity (Wildman–Crippen MR) is 59.4 cm³/mol. The van der Waals surface area contributed by atoms with Crippen LogP contribution in [0.15, 0.2) is 0 Å². The van der Waals surface area contributed by atoms with Gasteiger partial charge in [0, 0.05) is 25.0 Å². The summed E-state index contributed by atoms with van der Waals surface area (Å²) in [5.41, 5.74) is 5.19. The average Bonchev–Trinajstić information content (AvgIpc) is 2.52. The first kappa shape index (κ1) is 10.9. The van der Waals surface area contributed by atoms with E-state index < -0.39 is 0 Å². The molecule has 0 saturated carbocycles. The highest BCUT2D eigenvalue weighted by atomic mass is 16.1. The van der Waals surface area contributed by atoms with Crippen LogP contribution < -0.4 is 11.1 Å². The molecule has 2 heterocycles. The van der Waals surface area contributed by atoms with Crippen molar-refractivity contribution in [3.8, 4) is 0 Å². The molecule has 0 spiro atoms. The normalized spacial score (nSPS) is 36.5. The van der Waals surface area contributed by atoms with E-state index in [1.165, 1.54) is 32.5 Å². The van der Waals surface area contributed by atoms with Crippen molar-refractivity contribution >= 4 is 5.91 Å². The van der Waals surface area contributed by atoms with Gasteiger partial charge in [0.2, 0.25) is 5.91 Å². The molecule has 2 aliphatic rings. The van der Waals surface area contributed by atoms with Gasteiger partial charge in [-0.3, -0.25) is 4.79 Å². The fourth-order valence-corrected chi connectivity index (χ4v) is 2.90. The molecule has 4 atom stereocenters. The van der Waals surface area contributed by atoms with E-state index >= 15 is 0 Å².